The second-order valence-electron chi connectivity index (χ2n) is 4.62. The monoisotopic (exact) mass is 220 g/mol. The number of hydrogen-bond acceptors (Lipinski definition) is 4. The van der Waals surface area contributed by atoms with Crippen LogP contribution in [0.2, 0.25) is 0 Å². The third-order valence-corrected chi connectivity index (χ3v) is 3.62. The van der Waals surface area contributed by atoms with Gasteiger partial charge in [0.15, 0.2) is 0 Å². The highest BCUT2D eigenvalue weighted by Crippen LogP contribution is 2.29. The predicted molar refractivity (Wildman–Crippen MR) is 61.5 cm³/mol. The molecule has 2 fully saturated rings. The summed E-state index contributed by atoms with van der Waals surface area (Å²) in [6.07, 6.45) is 5.42. The van der Waals surface area contributed by atoms with Gasteiger partial charge in [-0.15, -0.1) is 0 Å². The normalized spacial score (nSPS) is 29.2. The second kappa shape index (κ2) is 3.90. The van der Waals surface area contributed by atoms with Gasteiger partial charge in [-0.2, -0.15) is 5.10 Å². The Kier molecular flexibility index (Phi) is 2.40. The number of hydrogen-bond donors (Lipinski definition) is 2. The van der Waals surface area contributed by atoms with Gasteiger partial charge in [0.25, 0.3) is 5.56 Å². The van der Waals surface area contributed by atoms with Gasteiger partial charge >= 0.3 is 0 Å². The molecule has 3 heterocycles. The zero-order valence-corrected chi connectivity index (χ0v) is 9.15. The molecule has 3 rings (SSSR count). The first kappa shape index (κ1) is 9.84. The van der Waals surface area contributed by atoms with Gasteiger partial charge in [-0.05, 0) is 25.8 Å². The quantitative estimate of drug-likeness (QED) is 0.758. The highest BCUT2D eigenvalue weighted by molar-refractivity contribution is 5.40. The summed E-state index contributed by atoms with van der Waals surface area (Å²) < 4.78 is 0. The van der Waals surface area contributed by atoms with Crippen molar-refractivity contribution < 1.29 is 0 Å². The van der Waals surface area contributed by atoms with Gasteiger partial charge in [-0.25, -0.2) is 5.10 Å². The molecule has 16 heavy (non-hydrogen) atoms. The van der Waals surface area contributed by atoms with Crippen LogP contribution in [-0.4, -0.2) is 40.3 Å². The fourth-order valence-electron chi connectivity index (χ4n) is 2.92. The number of aromatic nitrogens is 2. The molecule has 0 spiro atoms. The van der Waals surface area contributed by atoms with E-state index in [9.17, 15) is 4.79 Å². The number of fused-ring (bicyclic) bond motifs is 1. The van der Waals surface area contributed by atoms with Crippen molar-refractivity contribution in [1.82, 2.24) is 15.1 Å². The zero-order valence-electron chi connectivity index (χ0n) is 9.15. The molecule has 0 aliphatic carbocycles. The highest BCUT2D eigenvalue weighted by Gasteiger charge is 2.36. The minimum atomic E-state index is -0.147. The van der Waals surface area contributed by atoms with Gasteiger partial charge in [-0.1, -0.05) is 0 Å². The number of nitrogens with zero attached hydrogens (tertiary/aromatic N) is 2. The van der Waals surface area contributed by atoms with Crippen molar-refractivity contribution in [3.05, 3.63) is 22.6 Å². The molecular formula is C11H16N4O. The number of H-pyrrole nitrogens is 1. The maximum Gasteiger partial charge on any atom is 0.266 e. The largest absolute Gasteiger partial charge is 0.379 e. The summed E-state index contributed by atoms with van der Waals surface area (Å²) in [5, 5.41) is 9.61. The van der Waals surface area contributed by atoms with Crippen molar-refractivity contribution in [2.24, 2.45) is 0 Å². The Labute approximate surface area is 93.9 Å². The molecule has 2 aliphatic heterocycles. The van der Waals surface area contributed by atoms with E-state index in [1.165, 1.54) is 25.9 Å². The van der Waals surface area contributed by atoms with E-state index in [0.29, 0.717) is 12.1 Å². The fraction of sp³-hybridized carbons (Fsp3) is 0.636. The minimum Gasteiger partial charge on any atom is -0.379 e. The molecule has 2 saturated heterocycles. The molecule has 0 radical (unpaired) electrons. The molecule has 1 aromatic heterocycles. The molecule has 2 unspecified atom stereocenters. The second-order valence-corrected chi connectivity index (χ2v) is 4.62. The smallest absolute Gasteiger partial charge is 0.266 e. The third kappa shape index (κ3) is 1.71. The Morgan fingerprint density at radius 2 is 2.38 bits per heavy atom. The molecule has 1 aromatic rings. The minimum absolute atomic E-state index is 0.147. The van der Waals surface area contributed by atoms with Crippen LogP contribution in [0.5, 0.6) is 0 Å². The molecule has 0 amide bonds. The van der Waals surface area contributed by atoms with Crippen LogP contribution in [0.3, 0.4) is 0 Å². The van der Waals surface area contributed by atoms with Gasteiger partial charge in [0.05, 0.1) is 11.9 Å². The first-order chi connectivity index (χ1) is 7.83. The molecule has 86 valence electrons. The van der Waals surface area contributed by atoms with E-state index in [1.54, 1.807) is 12.3 Å². The molecule has 0 saturated carbocycles. The van der Waals surface area contributed by atoms with E-state index in [-0.39, 0.29) is 5.56 Å². The van der Waals surface area contributed by atoms with Crippen LogP contribution in [0.1, 0.15) is 19.3 Å². The van der Waals surface area contributed by atoms with Crippen molar-refractivity contribution in [3.63, 3.8) is 0 Å². The van der Waals surface area contributed by atoms with Gasteiger partial charge in [0.2, 0.25) is 0 Å². The number of anilines is 1. The summed E-state index contributed by atoms with van der Waals surface area (Å²) in [5.41, 5.74) is 0.689. The Hall–Kier alpha value is -1.36. The maximum atomic E-state index is 11.1. The molecular weight excluding hydrogens is 204 g/mol. The lowest BCUT2D eigenvalue weighted by Crippen LogP contribution is -2.34. The zero-order chi connectivity index (χ0) is 11.0. The Balaban J connectivity index is 1.73. The SMILES string of the molecule is O=c1cc(NC2CCN3CCCC23)cn[nH]1. The van der Waals surface area contributed by atoms with Crippen LogP contribution in [0, 0.1) is 0 Å². The summed E-state index contributed by atoms with van der Waals surface area (Å²) in [6.45, 7) is 2.41. The molecule has 2 atom stereocenters. The Bertz CT molecular complexity index is 430. The van der Waals surface area contributed by atoms with Crippen molar-refractivity contribution in [3.8, 4) is 0 Å². The van der Waals surface area contributed by atoms with Crippen LogP contribution in [0.15, 0.2) is 17.1 Å². The van der Waals surface area contributed by atoms with Gasteiger partial charge in [-0.3, -0.25) is 9.69 Å². The van der Waals surface area contributed by atoms with Crippen LogP contribution in [-0.2, 0) is 0 Å². The molecule has 2 aliphatic rings. The predicted octanol–water partition coefficient (Wildman–Crippen LogP) is 0.418. The molecule has 5 heteroatoms. The summed E-state index contributed by atoms with van der Waals surface area (Å²) >= 11 is 0. The standard InChI is InChI=1S/C11H16N4O/c16-11-6-8(7-12-14-11)13-9-3-5-15-4-1-2-10(9)15/h6-7,9-10H,1-5H2,(H2,13,14,16). The van der Waals surface area contributed by atoms with E-state index >= 15 is 0 Å². The van der Waals surface area contributed by atoms with Gasteiger partial charge in [0, 0.05) is 24.7 Å². The van der Waals surface area contributed by atoms with Crippen molar-refractivity contribution in [2.45, 2.75) is 31.3 Å². The Morgan fingerprint density at radius 3 is 3.25 bits per heavy atom. The lowest BCUT2D eigenvalue weighted by Gasteiger charge is -2.21. The third-order valence-electron chi connectivity index (χ3n) is 3.62. The molecule has 2 N–H and O–H groups in total. The van der Waals surface area contributed by atoms with Gasteiger partial charge < -0.3 is 5.32 Å². The maximum absolute atomic E-state index is 11.1. The van der Waals surface area contributed by atoms with Crippen molar-refractivity contribution >= 4 is 5.69 Å². The van der Waals surface area contributed by atoms with Crippen molar-refractivity contribution in [2.75, 3.05) is 18.4 Å². The summed E-state index contributed by atoms with van der Waals surface area (Å²) in [7, 11) is 0. The number of rotatable bonds is 2. The lowest BCUT2D eigenvalue weighted by atomic mass is 10.1. The molecule has 5 nitrogen and oxygen atoms in total. The number of aromatic amines is 1. The van der Waals surface area contributed by atoms with Crippen LogP contribution in [0.25, 0.3) is 0 Å². The van der Waals surface area contributed by atoms with Crippen LogP contribution >= 0.6 is 0 Å². The van der Waals surface area contributed by atoms with Crippen LogP contribution < -0.4 is 10.9 Å². The van der Waals surface area contributed by atoms with E-state index in [2.05, 4.69) is 20.4 Å². The average Bonchev–Trinajstić information content (AvgIpc) is 2.83. The Morgan fingerprint density at radius 1 is 1.44 bits per heavy atom. The van der Waals surface area contributed by atoms with E-state index in [0.717, 1.165) is 12.1 Å². The highest BCUT2D eigenvalue weighted by atomic mass is 16.1. The topological polar surface area (TPSA) is 61.0 Å². The first-order valence-corrected chi connectivity index (χ1v) is 5.88. The van der Waals surface area contributed by atoms with Gasteiger partial charge in [0.1, 0.15) is 0 Å². The van der Waals surface area contributed by atoms with Crippen molar-refractivity contribution in [1.29, 1.82) is 0 Å². The summed E-state index contributed by atoms with van der Waals surface area (Å²) in [6, 6.07) is 2.70. The summed E-state index contributed by atoms with van der Waals surface area (Å²) in [4.78, 5) is 13.7. The van der Waals surface area contributed by atoms with E-state index in [4.69, 9.17) is 0 Å². The van der Waals surface area contributed by atoms with E-state index in [1.807, 2.05) is 0 Å². The number of nitrogens with one attached hydrogen (secondary N) is 2. The van der Waals surface area contributed by atoms with E-state index < -0.39 is 0 Å². The molecule has 0 aromatic carbocycles. The lowest BCUT2D eigenvalue weighted by molar-refractivity contribution is 0.318. The average molecular weight is 220 g/mol. The van der Waals surface area contributed by atoms with Crippen LogP contribution in [0.4, 0.5) is 5.69 Å². The fourth-order valence-corrected chi connectivity index (χ4v) is 2.92. The molecule has 0 bridgehead atoms. The summed E-state index contributed by atoms with van der Waals surface area (Å²) in [5.74, 6) is 0. The first-order valence-electron chi connectivity index (χ1n) is 5.88.